The van der Waals surface area contributed by atoms with Crippen LogP contribution in [-0.2, 0) is 14.8 Å². The van der Waals surface area contributed by atoms with Crippen molar-refractivity contribution in [1.82, 2.24) is 19.6 Å². The molecule has 73 heavy (non-hydrogen) atoms. The number of likely N-dealkylation sites (tertiary alicyclic amines) is 1. The van der Waals surface area contributed by atoms with Gasteiger partial charge in [-0.1, -0.05) is 44.5 Å². The average Bonchev–Trinajstić information content (AvgIpc) is 4.00. The van der Waals surface area contributed by atoms with Crippen molar-refractivity contribution >= 4 is 44.0 Å². The minimum absolute atomic E-state index is 0.0261. The quantitative estimate of drug-likeness (QED) is 0.0569. The number of amides is 1. The highest BCUT2D eigenvalue weighted by atomic mass is 32.2. The summed E-state index contributed by atoms with van der Waals surface area (Å²) in [4.78, 5) is 37.8. The number of piperidine rings is 1. The molecule has 1 amide bonds. The summed E-state index contributed by atoms with van der Waals surface area (Å²) in [7, 11) is -3.25. The van der Waals surface area contributed by atoms with Crippen LogP contribution in [0.4, 0.5) is 21.5 Å². The number of hydrogen-bond acceptors (Lipinski definition) is 14. The molecule has 0 bridgehead atoms. The zero-order chi connectivity index (χ0) is 51.4. The zero-order valence-corrected chi connectivity index (χ0v) is 42.9. The normalized spacial score (nSPS) is 24.4. The molecule has 4 fully saturated rings. The molecule has 2 aliphatic carbocycles. The number of sulfonamides is 1. The van der Waals surface area contributed by atoms with E-state index >= 15 is 4.39 Å². The Labute approximate surface area is 425 Å². The predicted molar refractivity (Wildman–Crippen MR) is 274 cm³/mol. The van der Waals surface area contributed by atoms with Crippen molar-refractivity contribution in [3.05, 3.63) is 99.5 Å². The number of carbonyl (C=O) groups excluding carboxylic acids is 1. The van der Waals surface area contributed by atoms with Crippen LogP contribution >= 0.6 is 0 Å². The van der Waals surface area contributed by atoms with Crippen LogP contribution in [0, 0.1) is 27.3 Å². The van der Waals surface area contributed by atoms with Gasteiger partial charge in [-0.25, -0.2) is 17.5 Å². The van der Waals surface area contributed by atoms with Gasteiger partial charge in [0.25, 0.3) is 27.5 Å². The fourth-order valence-electron chi connectivity index (χ4n) is 11.9. The van der Waals surface area contributed by atoms with Gasteiger partial charge in [-0.15, -0.1) is 0 Å². The summed E-state index contributed by atoms with van der Waals surface area (Å²) in [5.74, 6) is -0.777. The molecule has 2 aromatic heterocycles. The largest absolute Gasteiger partial charge is 0.489 e. The van der Waals surface area contributed by atoms with E-state index < -0.39 is 42.9 Å². The Balaban J connectivity index is 0.904. The third kappa shape index (κ3) is 10.3. The maximum absolute atomic E-state index is 15.1. The number of hydrogen-bond donors (Lipinski definition) is 4. The maximum atomic E-state index is 15.1. The number of H-pyrrole nitrogens is 1. The SMILES string of the molecule is CO[C@@H](C)COc1nc2[nH]cc(F)c2cc1Oc1cc(N2CCC3(CC2)CN([C@@H]2CCC[C@@H]2c2ccccc2C(C)C)C3)ccc1C(=O)NS(=O)(=O)c1cc2c(c([N+](=O)[O-])c1)N[C@@H](C1CCC(C)(O)CC1)CO2. The number of aliphatic hydroxyl groups is 1. The molecule has 1 spiro atoms. The predicted octanol–water partition coefficient (Wildman–Crippen LogP) is 9.41. The Morgan fingerprint density at radius 3 is 2.51 bits per heavy atom. The number of aromatic amines is 1. The number of aromatic nitrogens is 2. The van der Waals surface area contributed by atoms with E-state index in [1.807, 2.05) is 0 Å². The summed E-state index contributed by atoms with van der Waals surface area (Å²) in [6.45, 7) is 11.9. The van der Waals surface area contributed by atoms with Gasteiger partial charge in [0, 0.05) is 75.5 Å². The highest BCUT2D eigenvalue weighted by molar-refractivity contribution is 7.90. The Morgan fingerprint density at radius 1 is 1.03 bits per heavy atom. The van der Waals surface area contributed by atoms with Crippen molar-refractivity contribution in [2.24, 2.45) is 11.3 Å². The van der Waals surface area contributed by atoms with Gasteiger partial charge in [0.15, 0.2) is 17.2 Å². The first-order valence-electron chi connectivity index (χ1n) is 25.6. The van der Waals surface area contributed by atoms with Crippen LogP contribution in [0.5, 0.6) is 23.1 Å². The minimum Gasteiger partial charge on any atom is -0.489 e. The fourth-order valence-corrected chi connectivity index (χ4v) is 12.9. The van der Waals surface area contributed by atoms with E-state index in [-0.39, 0.29) is 82.1 Å². The Kier molecular flexibility index (Phi) is 13.8. The van der Waals surface area contributed by atoms with Gasteiger partial charge in [0.1, 0.15) is 30.4 Å². The number of fused-ring (bicyclic) bond motifs is 2. The smallest absolute Gasteiger partial charge is 0.297 e. The Hall–Kier alpha value is -6.02. The molecular weight excluding hydrogens is 958 g/mol. The Morgan fingerprint density at radius 2 is 1.78 bits per heavy atom. The van der Waals surface area contributed by atoms with Crippen molar-refractivity contribution in [2.45, 2.75) is 126 Å². The molecule has 0 radical (unpaired) electrons. The lowest BCUT2D eigenvalue weighted by Gasteiger charge is -2.57. The van der Waals surface area contributed by atoms with Crippen LogP contribution in [0.1, 0.15) is 119 Å². The number of nitrogens with zero attached hydrogens (tertiary/aromatic N) is 4. The second-order valence-electron chi connectivity index (χ2n) is 21.6. The molecule has 4 atom stereocenters. The number of pyridine rings is 1. The first-order valence-corrected chi connectivity index (χ1v) is 27.1. The molecule has 10 rings (SSSR count). The summed E-state index contributed by atoms with van der Waals surface area (Å²) in [6.07, 6.45) is 8.87. The van der Waals surface area contributed by atoms with Crippen LogP contribution in [0.15, 0.2) is 71.8 Å². The summed E-state index contributed by atoms with van der Waals surface area (Å²) >= 11 is 0. The van der Waals surface area contributed by atoms with Crippen LogP contribution in [0.25, 0.3) is 11.0 Å². The third-order valence-electron chi connectivity index (χ3n) is 16.3. The molecule has 17 nitrogen and oxygen atoms in total. The topological polar surface area (TPSA) is 211 Å². The second kappa shape index (κ2) is 20.0. The van der Waals surface area contributed by atoms with Gasteiger partial charge in [-0.2, -0.15) is 4.98 Å². The number of ether oxygens (including phenoxy) is 4. The summed E-state index contributed by atoms with van der Waals surface area (Å²) in [6, 6.07) is 17.5. The molecular formula is C54H66FN7O10S. The van der Waals surface area contributed by atoms with Gasteiger partial charge in [0.2, 0.25) is 0 Å². The van der Waals surface area contributed by atoms with Crippen molar-refractivity contribution < 1.29 is 46.6 Å². The molecule has 4 N–H and O–H groups in total. The second-order valence-corrected chi connectivity index (χ2v) is 23.3. The summed E-state index contributed by atoms with van der Waals surface area (Å²) in [5, 5.41) is 26.3. The van der Waals surface area contributed by atoms with Crippen molar-refractivity contribution in [1.29, 1.82) is 0 Å². The standard InChI is InChI=1S/C54H66FN7O10S/c1-32(2)37-9-6-7-10-38(37)39-11-8-12-44(39)61-30-54(31-61)19-21-60(22-20-54)35-13-14-40(46(23-35)72-48-26-41-42(55)27-56-50(41)58-52(48)71-28-33(3)69-5)51(63)59-73(67,68)36-24-45(62(65)66)49-47(25-36)70-29-43(57-49)34-15-17-53(4,64)18-16-34/h6-7,9-10,13-14,23-27,32-34,39,43-44,57,64H,8,11-12,15-22,28-31H2,1-5H3,(H,56,58)(H,59,63)/t33-,34?,39+,43+,44+,53?/m0/s1. The van der Waals surface area contributed by atoms with E-state index in [0.717, 1.165) is 63.0 Å². The molecule has 390 valence electrons. The molecule has 2 saturated carbocycles. The molecule has 3 aromatic carbocycles. The molecule has 3 aliphatic heterocycles. The van der Waals surface area contributed by atoms with Gasteiger partial charge >= 0.3 is 0 Å². The monoisotopic (exact) mass is 1020 g/mol. The lowest BCUT2D eigenvalue weighted by Crippen LogP contribution is -2.63. The zero-order valence-electron chi connectivity index (χ0n) is 42.1. The number of rotatable bonds is 15. The van der Waals surface area contributed by atoms with Gasteiger partial charge in [-0.3, -0.25) is 19.8 Å². The number of nitro groups is 1. The lowest BCUT2D eigenvalue weighted by molar-refractivity contribution is -0.384. The molecule has 2 saturated heterocycles. The van der Waals surface area contributed by atoms with Crippen molar-refractivity contribution in [3.8, 4) is 23.1 Å². The van der Waals surface area contributed by atoms with Gasteiger partial charge < -0.3 is 39.3 Å². The molecule has 19 heteroatoms. The van der Waals surface area contributed by atoms with Crippen molar-refractivity contribution in [3.63, 3.8) is 0 Å². The number of halogens is 1. The first-order chi connectivity index (χ1) is 34.9. The minimum atomic E-state index is -4.78. The van der Waals surface area contributed by atoms with Crippen LogP contribution in [0.2, 0.25) is 0 Å². The van der Waals surface area contributed by atoms with Gasteiger partial charge in [-0.05, 0) is 112 Å². The van der Waals surface area contributed by atoms with Crippen molar-refractivity contribution in [2.75, 3.05) is 56.7 Å². The number of nitro benzene ring substituents is 1. The van der Waals surface area contributed by atoms with Gasteiger partial charge in [0.05, 0.1) is 38.5 Å². The molecule has 5 aromatic rings. The molecule has 5 heterocycles. The van der Waals surface area contributed by atoms with E-state index in [4.69, 9.17) is 18.9 Å². The summed E-state index contributed by atoms with van der Waals surface area (Å²) < 4.78 is 69.4. The maximum Gasteiger partial charge on any atom is 0.297 e. The number of methoxy groups -OCH3 is 1. The van der Waals surface area contributed by atoms with Crippen LogP contribution in [-0.4, -0.2) is 110 Å². The fraction of sp³-hybridized carbons (Fsp3) is 0.519. The number of benzene rings is 3. The summed E-state index contributed by atoms with van der Waals surface area (Å²) in [5.41, 5.74) is 2.60. The number of carbonyl (C=O) groups is 1. The van der Waals surface area contributed by atoms with E-state index in [0.29, 0.717) is 43.6 Å². The van der Waals surface area contributed by atoms with Crippen LogP contribution in [0.3, 0.4) is 0 Å². The van der Waals surface area contributed by atoms with E-state index in [1.54, 1.807) is 26.0 Å². The number of nitrogens with one attached hydrogen (secondary N) is 3. The lowest BCUT2D eigenvalue weighted by atomic mass is 9.70. The van der Waals surface area contributed by atoms with E-state index in [1.165, 1.54) is 49.6 Å². The number of anilines is 2. The highest BCUT2D eigenvalue weighted by Gasteiger charge is 2.49. The third-order valence-corrected chi connectivity index (χ3v) is 17.6. The average molecular weight is 1020 g/mol. The van der Waals surface area contributed by atoms with E-state index in [9.17, 15) is 28.4 Å². The highest BCUT2D eigenvalue weighted by Crippen LogP contribution is 2.50. The van der Waals surface area contributed by atoms with E-state index in [2.05, 4.69) is 67.9 Å². The molecule has 5 aliphatic rings. The first kappa shape index (κ1) is 50.5. The van der Waals surface area contributed by atoms with Crippen LogP contribution < -0.4 is 29.1 Å². The molecule has 0 unspecified atom stereocenters. The Bertz CT molecular complexity index is 2990.